The van der Waals surface area contributed by atoms with Crippen LogP contribution in [0.25, 0.3) is 33.1 Å². The van der Waals surface area contributed by atoms with E-state index in [0.29, 0.717) is 53.2 Å². The topological polar surface area (TPSA) is 278 Å². The summed E-state index contributed by atoms with van der Waals surface area (Å²) in [7, 11) is 0. The van der Waals surface area contributed by atoms with Gasteiger partial charge in [0.05, 0.1) is 35.7 Å². The van der Waals surface area contributed by atoms with Crippen molar-refractivity contribution in [2.45, 2.75) is 67.5 Å². The van der Waals surface area contributed by atoms with Crippen molar-refractivity contribution in [3.8, 4) is 23.0 Å². The predicted octanol–water partition coefficient (Wildman–Crippen LogP) is 13.1. The van der Waals surface area contributed by atoms with Gasteiger partial charge in [-0.1, -0.05) is 18.5 Å². The number of nitrogens with zero attached hydrogens (tertiary/aromatic N) is 10. The molecule has 24 heteroatoms. The molecule has 422 valence electrons. The van der Waals surface area contributed by atoms with Crippen LogP contribution in [0.15, 0.2) is 129 Å². The normalized spacial score (nSPS) is 11.8. The number of pyridine rings is 3. The Kier molecular flexibility index (Phi) is 18.6. The number of ether oxygens (including phenoxy) is 4. The molecule has 0 spiro atoms. The smallest absolute Gasteiger partial charge is 0.231 e. The molecule has 2 aromatic carbocycles. The van der Waals surface area contributed by atoms with Crippen molar-refractivity contribution in [2.24, 2.45) is 0 Å². The highest BCUT2D eigenvalue weighted by molar-refractivity contribution is 6.30. The molecule has 0 unspecified atom stereocenters. The summed E-state index contributed by atoms with van der Waals surface area (Å²) in [6, 6.07) is 24.3. The van der Waals surface area contributed by atoms with E-state index in [1.807, 2.05) is 94.0 Å². The van der Waals surface area contributed by atoms with Crippen molar-refractivity contribution >= 4 is 108 Å². The SMILES string of the molecule is CCN(C(C)C)C(C)C.Cc1cnc(Cl)nc1Nc1cnc2[nH]ccc2c1.Cc1cnc(Nc2cnc3[nH]ccc3c2)nc1Cl.Cc1cnc(Nc2cnc3[nH]ccc3c2)nc1Nc1ccc2c(c1)OCO2.Nc1ccc2c(c1)OCO2. The zero-order valence-corrected chi connectivity index (χ0v) is 47.9. The number of anilines is 9. The summed E-state index contributed by atoms with van der Waals surface area (Å²) in [4.78, 5) is 49.8. The van der Waals surface area contributed by atoms with Crippen LogP contribution in [0, 0.1) is 20.8 Å². The fraction of sp³-hybridized carbons (Fsp3) is 0.224. The van der Waals surface area contributed by atoms with Crippen molar-refractivity contribution in [1.29, 1.82) is 0 Å². The number of fused-ring (bicyclic) bond motifs is 5. The van der Waals surface area contributed by atoms with E-state index >= 15 is 0 Å². The molecule has 11 heterocycles. The third-order valence-corrected chi connectivity index (χ3v) is 13.1. The van der Waals surface area contributed by atoms with Gasteiger partial charge in [-0.25, -0.2) is 39.9 Å². The Balaban J connectivity index is 0.000000131. The van der Waals surface area contributed by atoms with E-state index in [1.54, 1.807) is 55.4 Å². The van der Waals surface area contributed by atoms with Crippen molar-refractivity contribution in [2.75, 3.05) is 47.1 Å². The minimum absolute atomic E-state index is 0.221. The Labute approximate surface area is 483 Å². The first-order chi connectivity index (χ1) is 39.6. The molecule has 2 aliphatic rings. The van der Waals surface area contributed by atoms with Gasteiger partial charge in [-0.3, -0.25) is 4.90 Å². The maximum Gasteiger partial charge on any atom is 0.231 e. The van der Waals surface area contributed by atoms with Gasteiger partial charge in [0.25, 0.3) is 0 Å². The first-order valence-electron chi connectivity index (χ1n) is 26.1. The molecule has 0 bridgehead atoms. The molecule has 2 aliphatic heterocycles. The lowest BCUT2D eigenvalue weighted by Gasteiger charge is -2.28. The minimum Gasteiger partial charge on any atom is -0.454 e. The molecule has 22 nitrogen and oxygen atoms in total. The third-order valence-electron chi connectivity index (χ3n) is 12.5. The number of nitrogens with one attached hydrogen (secondary N) is 7. The van der Waals surface area contributed by atoms with Gasteiger partial charge in [-0.05, 0) is 127 Å². The molecular formula is C58H62Cl2N18O4. The summed E-state index contributed by atoms with van der Waals surface area (Å²) in [5.41, 5.74) is 14.8. The number of aryl methyl sites for hydroxylation is 3. The number of rotatable bonds is 11. The monoisotopic (exact) mass is 1140 g/mol. The first-order valence-corrected chi connectivity index (χ1v) is 26.9. The van der Waals surface area contributed by atoms with Crippen molar-refractivity contribution in [3.63, 3.8) is 0 Å². The Morgan fingerprint density at radius 1 is 0.500 bits per heavy atom. The summed E-state index contributed by atoms with van der Waals surface area (Å²) < 4.78 is 20.9. The zero-order valence-electron chi connectivity index (χ0n) is 46.3. The van der Waals surface area contributed by atoms with Crippen LogP contribution < -0.4 is 45.9 Å². The summed E-state index contributed by atoms with van der Waals surface area (Å²) >= 11 is 11.7. The van der Waals surface area contributed by atoms with Gasteiger partial charge < -0.3 is 60.9 Å². The Bertz CT molecular complexity index is 3920. The highest BCUT2D eigenvalue weighted by Crippen LogP contribution is 2.36. The second kappa shape index (κ2) is 26.6. The number of halogens is 2. The second-order valence-corrected chi connectivity index (χ2v) is 19.9. The molecule has 0 amide bonds. The van der Waals surface area contributed by atoms with Gasteiger partial charge in [0.2, 0.25) is 30.8 Å². The van der Waals surface area contributed by atoms with Crippen LogP contribution in [0.2, 0.25) is 10.4 Å². The van der Waals surface area contributed by atoms with Crippen molar-refractivity contribution in [3.05, 3.63) is 156 Å². The molecule has 11 aromatic rings. The van der Waals surface area contributed by atoms with Crippen molar-refractivity contribution < 1.29 is 18.9 Å². The van der Waals surface area contributed by atoms with E-state index in [2.05, 4.69) is 121 Å². The van der Waals surface area contributed by atoms with Crippen LogP contribution in [0.3, 0.4) is 0 Å². The predicted molar refractivity (Wildman–Crippen MR) is 324 cm³/mol. The van der Waals surface area contributed by atoms with E-state index in [9.17, 15) is 0 Å². The minimum atomic E-state index is 0.221. The van der Waals surface area contributed by atoms with Gasteiger partial charge in [-0.15, -0.1) is 0 Å². The molecule has 0 saturated heterocycles. The molecule has 0 atom stereocenters. The molecule has 0 radical (unpaired) electrons. The number of hydrogen-bond donors (Lipinski definition) is 8. The number of benzene rings is 2. The van der Waals surface area contributed by atoms with E-state index in [-0.39, 0.29) is 12.1 Å². The lowest BCUT2D eigenvalue weighted by atomic mass is 10.2. The number of nitrogens with two attached hydrogens (primary N) is 1. The Morgan fingerprint density at radius 2 is 0.951 bits per heavy atom. The van der Waals surface area contributed by atoms with Crippen LogP contribution in [-0.4, -0.2) is 96.9 Å². The number of aromatic amines is 3. The van der Waals surface area contributed by atoms with Gasteiger partial charge in [-0.2, -0.15) is 4.98 Å². The molecule has 13 rings (SSSR count). The molecule has 0 aliphatic carbocycles. The standard InChI is InChI=1S/C19H16N6O2.2C12H10ClN5.C8H19N.C7H7NO2/c1-11-8-22-19(24-14-6-12-4-5-20-18(12)21-9-14)25-17(11)23-13-2-3-15-16(7-13)27-10-26-15;1-7-5-16-12(13)18-10(7)17-9-4-8-2-3-14-11(8)15-6-9;1-7-5-16-12(18-10(7)13)17-9-4-8-2-3-14-11(8)15-6-9;1-6-9(7(2)3)8(4)5;8-5-1-2-6-7(3-5)10-4-9-6/h2-9H,10H2,1H3,(H,20,21)(H2,22,23,24,25);2*2-6H,1H3,(H,14,15)(H,16,17,18);7-8H,6H2,1-5H3;1-3H,4,8H2. The molecular weight excluding hydrogens is 1080 g/mol. The number of aromatic nitrogens is 12. The Hall–Kier alpha value is -9.51. The maximum absolute atomic E-state index is 5.95. The highest BCUT2D eigenvalue weighted by Gasteiger charge is 2.16. The van der Waals surface area contributed by atoms with Crippen LogP contribution in [0.4, 0.5) is 52.0 Å². The molecule has 82 heavy (non-hydrogen) atoms. The zero-order chi connectivity index (χ0) is 57.7. The number of H-pyrrole nitrogens is 3. The summed E-state index contributed by atoms with van der Waals surface area (Å²) in [6.07, 6.45) is 15.9. The Morgan fingerprint density at radius 3 is 1.46 bits per heavy atom. The molecule has 0 saturated carbocycles. The highest BCUT2D eigenvalue weighted by atomic mass is 35.5. The number of nitrogen functional groups attached to an aromatic ring is 1. The average molecular weight is 1150 g/mol. The fourth-order valence-corrected chi connectivity index (χ4v) is 8.69. The van der Waals surface area contributed by atoms with E-state index in [4.69, 9.17) is 47.9 Å². The average Bonchev–Trinajstić information content (AvgIpc) is 4.35. The van der Waals surface area contributed by atoms with Crippen LogP contribution in [0.1, 0.15) is 51.3 Å². The largest absolute Gasteiger partial charge is 0.454 e. The van der Waals surface area contributed by atoms with Crippen LogP contribution in [0.5, 0.6) is 23.0 Å². The summed E-state index contributed by atoms with van der Waals surface area (Å²) in [5, 5.41) is 16.5. The van der Waals surface area contributed by atoms with E-state index < -0.39 is 0 Å². The number of hydrogen-bond acceptors (Lipinski definition) is 19. The fourth-order valence-electron chi connectivity index (χ4n) is 8.43. The van der Waals surface area contributed by atoms with Crippen LogP contribution >= 0.6 is 23.2 Å². The molecule has 0 fully saturated rings. The third kappa shape index (κ3) is 15.0. The van der Waals surface area contributed by atoms with Gasteiger partial charge >= 0.3 is 0 Å². The summed E-state index contributed by atoms with van der Waals surface area (Å²) in [6.45, 7) is 18.6. The maximum atomic E-state index is 5.95. The quantitative estimate of drug-likeness (QED) is 0.0339. The van der Waals surface area contributed by atoms with Gasteiger partial charge in [0.15, 0.2) is 23.0 Å². The second-order valence-electron chi connectivity index (χ2n) is 19.2. The summed E-state index contributed by atoms with van der Waals surface area (Å²) in [5.74, 6) is 5.32. The lowest BCUT2D eigenvalue weighted by Crippen LogP contribution is -2.36. The first kappa shape index (κ1) is 57.2. The van der Waals surface area contributed by atoms with Crippen LogP contribution in [-0.2, 0) is 0 Å². The molecule has 9 N–H and O–H groups in total. The van der Waals surface area contributed by atoms with E-state index in [1.165, 1.54) is 0 Å². The molecule has 9 aromatic heterocycles. The van der Waals surface area contributed by atoms with Gasteiger partial charge in [0.1, 0.15) is 33.7 Å². The van der Waals surface area contributed by atoms with Crippen molar-refractivity contribution in [1.82, 2.24) is 64.7 Å². The lowest BCUT2D eigenvalue weighted by molar-refractivity contribution is 0.173. The van der Waals surface area contributed by atoms with E-state index in [0.717, 1.165) is 102 Å². The van der Waals surface area contributed by atoms with Gasteiger partial charge in [0, 0.05) is 106 Å².